The maximum absolute atomic E-state index is 6.50. The largest absolute Gasteiger partial charge is 0.494 e. The molecule has 0 aliphatic rings. The van der Waals surface area contributed by atoms with Gasteiger partial charge in [-0.1, -0.05) is 18.2 Å². The molecule has 4 nitrogen and oxygen atoms in total. The number of aromatic nitrogens is 2. The molecule has 20 heavy (non-hydrogen) atoms. The van der Waals surface area contributed by atoms with Gasteiger partial charge in [0, 0.05) is 23.7 Å². The molecule has 5 heteroatoms. The molecule has 0 spiro atoms. The second kappa shape index (κ2) is 7.10. The van der Waals surface area contributed by atoms with Gasteiger partial charge in [0.05, 0.1) is 19.1 Å². The summed E-state index contributed by atoms with van der Waals surface area (Å²) in [6.45, 7) is 2.57. The summed E-state index contributed by atoms with van der Waals surface area (Å²) in [6, 6.07) is 9.58. The van der Waals surface area contributed by atoms with E-state index in [1.807, 2.05) is 31.2 Å². The third-order valence-electron chi connectivity index (χ3n) is 2.85. The van der Waals surface area contributed by atoms with Crippen molar-refractivity contribution in [3.8, 4) is 11.6 Å². The van der Waals surface area contributed by atoms with Crippen molar-refractivity contribution >= 4 is 11.6 Å². The van der Waals surface area contributed by atoms with Crippen molar-refractivity contribution in [2.75, 3.05) is 13.7 Å². The van der Waals surface area contributed by atoms with Crippen molar-refractivity contribution in [1.82, 2.24) is 9.97 Å². The van der Waals surface area contributed by atoms with Crippen LogP contribution in [-0.4, -0.2) is 23.7 Å². The van der Waals surface area contributed by atoms with E-state index in [4.69, 9.17) is 21.1 Å². The Morgan fingerprint density at radius 3 is 2.80 bits per heavy atom. The van der Waals surface area contributed by atoms with Crippen LogP contribution in [0, 0.1) is 0 Å². The first-order valence-electron chi connectivity index (χ1n) is 6.45. The van der Waals surface area contributed by atoms with E-state index in [1.54, 1.807) is 13.2 Å². The normalized spacial score (nSPS) is 11.9. The standard InChI is InChI=1S/C15H17ClN2O2/c1-3-20-14-7-5-4-6-12(14)13(16)8-11-9-15(19-2)18-10-17-11/h4-7,9-10,13H,3,8H2,1-2H3. The average molecular weight is 293 g/mol. The van der Waals surface area contributed by atoms with Crippen LogP contribution >= 0.6 is 11.6 Å². The Morgan fingerprint density at radius 2 is 2.05 bits per heavy atom. The van der Waals surface area contributed by atoms with Gasteiger partial charge in [-0.2, -0.15) is 0 Å². The number of benzene rings is 1. The lowest BCUT2D eigenvalue weighted by Gasteiger charge is -2.14. The van der Waals surface area contributed by atoms with Gasteiger partial charge in [0.1, 0.15) is 12.1 Å². The Bertz CT molecular complexity index is 563. The number of alkyl halides is 1. The van der Waals surface area contributed by atoms with Gasteiger partial charge in [-0.25, -0.2) is 9.97 Å². The van der Waals surface area contributed by atoms with E-state index in [0.29, 0.717) is 18.9 Å². The smallest absolute Gasteiger partial charge is 0.216 e. The first-order valence-corrected chi connectivity index (χ1v) is 6.89. The molecule has 106 valence electrons. The average Bonchev–Trinajstić information content (AvgIpc) is 2.48. The Labute approximate surface area is 123 Å². The van der Waals surface area contributed by atoms with E-state index >= 15 is 0 Å². The van der Waals surface area contributed by atoms with Gasteiger partial charge in [0.15, 0.2) is 0 Å². The maximum atomic E-state index is 6.50. The summed E-state index contributed by atoms with van der Waals surface area (Å²) in [5, 5.41) is -0.211. The van der Waals surface area contributed by atoms with E-state index in [1.165, 1.54) is 6.33 Å². The number of halogens is 1. The SMILES string of the molecule is CCOc1ccccc1C(Cl)Cc1cc(OC)ncn1. The molecule has 0 fully saturated rings. The summed E-state index contributed by atoms with van der Waals surface area (Å²) < 4.78 is 10.7. The summed E-state index contributed by atoms with van der Waals surface area (Å²) in [6.07, 6.45) is 2.07. The van der Waals surface area contributed by atoms with Gasteiger partial charge >= 0.3 is 0 Å². The molecule has 1 heterocycles. The van der Waals surface area contributed by atoms with Crippen molar-refractivity contribution in [1.29, 1.82) is 0 Å². The second-order valence-corrected chi connectivity index (χ2v) is 4.72. The summed E-state index contributed by atoms with van der Waals surface area (Å²) >= 11 is 6.50. The molecule has 0 saturated heterocycles. The van der Waals surface area contributed by atoms with Crippen LogP contribution in [0.5, 0.6) is 11.6 Å². The lowest BCUT2D eigenvalue weighted by Crippen LogP contribution is -2.03. The zero-order valence-corrected chi connectivity index (χ0v) is 12.3. The number of para-hydroxylation sites is 1. The molecule has 1 aromatic heterocycles. The molecular weight excluding hydrogens is 276 g/mol. The van der Waals surface area contributed by atoms with Gasteiger partial charge in [-0.05, 0) is 13.0 Å². The summed E-state index contributed by atoms with van der Waals surface area (Å²) in [4.78, 5) is 8.20. The zero-order chi connectivity index (χ0) is 14.4. The van der Waals surface area contributed by atoms with E-state index in [9.17, 15) is 0 Å². The van der Waals surface area contributed by atoms with Gasteiger partial charge in [0.25, 0.3) is 0 Å². The first kappa shape index (κ1) is 14.6. The minimum absolute atomic E-state index is 0.211. The number of methoxy groups -OCH3 is 1. The molecule has 1 aromatic carbocycles. The topological polar surface area (TPSA) is 44.2 Å². The fraction of sp³-hybridized carbons (Fsp3) is 0.333. The first-order chi connectivity index (χ1) is 9.74. The van der Waals surface area contributed by atoms with Crippen LogP contribution in [-0.2, 0) is 6.42 Å². The van der Waals surface area contributed by atoms with Crippen LogP contribution in [0.4, 0.5) is 0 Å². The highest BCUT2D eigenvalue weighted by molar-refractivity contribution is 6.21. The molecule has 0 N–H and O–H groups in total. The summed E-state index contributed by atoms with van der Waals surface area (Å²) in [5.74, 6) is 1.35. The van der Waals surface area contributed by atoms with E-state index < -0.39 is 0 Å². The van der Waals surface area contributed by atoms with Gasteiger partial charge < -0.3 is 9.47 Å². The molecule has 0 aliphatic carbocycles. The number of hydrogen-bond acceptors (Lipinski definition) is 4. The molecular formula is C15H17ClN2O2. The van der Waals surface area contributed by atoms with Crippen molar-refractivity contribution < 1.29 is 9.47 Å². The number of ether oxygens (including phenoxy) is 2. The number of nitrogens with zero attached hydrogens (tertiary/aromatic N) is 2. The molecule has 1 atom stereocenters. The van der Waals surface area contributed by atoms with Crippen LogP contribution < -0.4 is 9.47 Å². The molecule has 0 amide bonds. The van der Waals surface area contributed by atoms with Crippen LogP contribution in [0.3, 0.4) is 0 Å². The number of rotatable bonds is 6. The molecule has 2 aromatic rings. The highest BCUT2D eigenvalue weighted by atomic mass is 35.5. The fourth-order valence-electron chi connectivity index (χ4n) is 1.92. The molecule has 2 rings (SSSR count). The monoisotopic (exact) mass is 292 g/mol. The molecule has 0 aliphatic heterocycles. The van der Waals surface area contributed by atoms with Crippen LogP contribution in [0.1, 0.15) is 23.6 Å². The van der Waals surface area contributed by atoms with Crippen LogP contribution in [0.25, 0.3) is 0 Å². The Balaban J connectivity index is 2.17. The van der Waals surface area contributed by atoms with Crippen molar-refractivity contribution in [3.63, 3.8) is 0 Å². The Hall–Kier alpha value is -1.81. The molecule has 0 radical (unpaired) electrons. The molecule has 0 bridgehead atoms. The summed E-state index contributed by atoms with van der Waals surface area (Å²) in [5.41, 5.74) is 1.80. The van der Waals surface area contributed by atoms with Gasteiger partial charge in [-0.3, -0.25) is 0 Å². The molecule has 1 unspecified atom stereocenters. The van der Waals surface area contributed by atoms with E-state index in [2.05, 4.69) is 9.97 Å². The van der Waals surface area contributed by atoms with Gasteiger partial charge in [0.2, 0.25) is 5.88 Å². The predicted molar refractivity (Wildman–Crippen MR) is 78.5 cm³/mol. The third-order valence-corrected chi connectivity index (χ3v) is 3.24. The maximum Gasteiger partial charge on any atom is 0.216 e. The zero-order valence-electron chi connectivity index (χ0n) is 11.5. The Morgan fingerprint density at radius 1 is 1.25 bits per heavy atom. The van der Waals surface area contributed by atoms with Gasteiger partial charge in [-0.15, -0.1) is 11.6 Å². The second-order valence-electron chi connectivity index (χ2n) is 4.19. The van der Waals surface area contributed by atoms with E-state index in [0.717, 1.165) is 17.0 Å². The van der Waals surface area contributed by atoms with Crippen molar-refractivity contribution in [3.05, 3.63) is 47.9 Å². The predicted octanol–water partition coefficient (Wildman–Crippen LogP) is 3.41. The lowest BCUT2D eigenvalue weighted by atomic mass is 10.1. The minimum atomic E-state index is -0.211. The highest BCUT2D eigenvalue weighted by Crippen LogP contribution is 2.32. The number of hydrogen-bond donors (Lipinski definition) is 0. The fourth-order valence-corrected chi connectivity index (χ4v) is 2.26. The van der Waals surface area contributed by atoms with Crippen LogP contribution in [0.15, 0.2) is 36.7 Å². The van der Waals surface area contributed by atoms with Crippen molar-refractivity contribution in [2.45, 2.75) is 18.7 Å². The highest BCUT2D eigenvalue weighted by Gasteiger charge is 2.15. The quantitative estimate of drug-likeness (QED) is 0.765. The molecule has 0 saturated carbocycles. The third kappa shape index (κ3) is 3.61. The van der Waals surface area contributed by atoms with Crippen LogP contribution in [0.2, 0.25) is 0 Å². The van der Waals surface area contributed by atoms with Crippen molar-refractivity contribution in [2.24, 2.45) is 0 Å². The minimum Gasteiger partial charge on any atom is -0.494 e. The summed E-state index contributed by atoms with van der Waals surface area (Å²) in [7, 11) is 1.58. The van der Waals surface area contributed by atoms with E-state index in [-0.39, 0.29) is 5.38 Å². The lowest BCUT2D eigenvalue weighted by molar-refractivity contribution is 0.336. The Kier molecular flexibility index (Phi) is 5.18.